The van der Waals surface area contributed by atoms with Gasteiger partial charge in [-0.3, -0.25) is 15.0 Å². The fourth-order valence-corrected chi connectivity index (χ4v) is 2.66. The summed E-state index contributed by atoms with van der Waals surface area (Å²) in [6.45, 7) is 0.848. The molecule has 1 aromatic carbocycles. The molecule has 1 aromatic heterocycles. The van der Waals surface area contributed by atoms with Crippen molar-refractivity contribution in [1.29, 1.82) is 0 Å². The van der Waals surface area contributed by atoms with Gasteiger partial charge in [0.1, 0.15) is 6.54 Å². The van der Waals surface area contributed by atoms with E-state index in [1.54, 1.807) is 36.3 Å². The van der Waals surface area contributed by atoms with Gasteiger partial charge in [-0.05, 0) is 18.2 Å². The predicted octanol–water partition coefficient (Wildman–Crippen LogP) is 1.37. The minimum absolute atomic E-state index is 0.0686. The molecule has 1 fully saturated rings. The van der Waals surface area contributed by atoms with E-state index in [1.807, 2.05) is 0 Å². The monoisotopic (exact) mass is 357 g/mol. The van der Waals surface area contributed by atoms with E-state index < -0.39 is 0 Å². The Morgan fingerprint density at radius 3 is 2.58 bits per heavy atom. The van der Waals surface area contributed by atoms with Crippen molar-refractivity contribution in [1.82, 2.24) is 14.9 Å². The first-order chi connectivity index (χ1) is 12.6. The Bertz CT molecular complexity index is 799. The summed E-state index contributed by atoms with van der Waals surface area (Å²) in [6, 6.07) is 6.66. The molecule has 9 heteroatoms. The normalized spacial score (nSPS) is 13.7. The molecule has 0 saturated carbocycles. The molecular formula is C17H19N5O4. The van der Waals surface area contributed by atoms with Crippen LogP contribution in [0.4, 0.5) is 16.4 Å². The Kier molecular flexibility index (Phi) is 5.16. The Hall–Kier alpha value is -3.36. The molecule has 0 bridgehead atoms. The molecule has 2 heterocycles. The molecule has 1 aliphatic rings. The Labute approximate surface area is 150 Å². The third-order valence-electron chi connectivity index (χ3n) is 3.93. The maximum Gasteiger partial charge on any atom is 0.325 e. The number of hydrogen-bond acceptors (Lipinski definition) is 6. The maximum absolute atomic E-state index is 12.6. The minimum atomic E-state index is -0.348. The first-order valence-electron chi connectivity index (χ1n) is 7.97. The number of anilines is 2. The van der Waals surface area contributed by atoms with Gasteiger partial charge in [0, 0.05) is 37.2 Å². The van der Waals surface area contributed by atoms with Crippen LogP contribution >= 0.6 is 0 Å². The number of amides is 3. The fraction of sp³-hybridized carbons (Fsp3) is 0.294. The lowest BCUT2D eigenvalue weighted by Gasteiger charge is -2.19. The minimum Gasteiger partial charge on any atom is -0.493 e. The van der Waals surface area contributed by atoms with E-state index in [0.29, 0.717) is 30.3 Å². The molecule has 136 valence electrons. The zero-order valence-corrected chi connectivity index (χ0v) is 14.5. The van der Waals surface area contributed by atoms with Gasteiger partial charge in [-0.25, -0.2) is 14.8 Å². The molecule has 0 unspecified atom stereocenters. The highest BCUT2D eigenvalue weighted by Crippen LogP contribution is 2.32. The average molecular weight is 357 g/mol. The van der Waals surface area contributed by atoms with E-state index in [0.717, 1.165) is 0 Å². The summed E-state index contributed by atoms with van der Waals surface area (Å²) >= 11 is 0. The topological polar surface area (TPSA) is 96.9 Å². The summed E-state index contributed by atoms with van der Waals surface area (Å²) in [6.07, 6.45) is 3.06. The number of urea groups is 1. The number of benzene rings is 1. The molecule has 1 aliphatic heterocycles. The van der Waals surface area contributed by atoms with Gasteiger partial charge < -0.3 is 14.4 Å². The first kappa shape index (κ1) is 17.5. The second kappa shape index (κ2) is 7.68. The number of carbonyl (C=O) groups is 2. The third kappa shape index (κ3) is 3.66. The molecule has 9 nitrogen and oxygen atoms in total. The highest BCUT2D eigenvalue weighted by Gasteiger charge is 2.31. The number of ether oxygens (including phenoxy) is 2. The molecule has 1 saturated heterocycles. The van der Waals surface area contributed by atoms with Gasteiger partial charge in [0.25, 0.3) is 0 Å². The maximum atomic E-state index is 12.6. The molecule has 1 N–H and O–H groups in total. The molecule has 2 aromatic rings. The summed E-state index contributed by atoms with van der Waals surface area (Å²) in [4.78, 5) is 35.6. The van der Waals surface area contributed by atoms with Crippen LogP contribution in [0.15, 0.2) is 36.7 Å². The van der Waals surface area contributed by atoms with Crippen molar-refractivity contribution in [3.8, 4) is 11.5 Å². The summed E-state index contributed by atoms with van der Waals surface area (Å²) in [5.74, 6) is 0.983. The van der Waals surface area contributed by atoms with Gasteiger partial charge in [0.2, 0.25) is 11.9 Å². The van der Waals surface area contributed by atoms with Crippen LogP contribution in [0.25, 0.3) is 0 Å². The smallest absolute Gasteiger partial charge is 0.325 e. The number of nitrogens with one attached hydrogen (secondary N) is 1. The van der Waals surface area contributed by atoms with Gasteiger partial charge in [-0.2, -0.15) is 0 Å². The van der Waals surface area contributed by atoms with Crippen LogP contribution < -0.4 is 19.7 Å². The van der Waals surface area contributed by atoms with Crippen LogP contribution in [0.3, 0.4) is 0 Å². The molecular weight excluding hydrogens is 338 g/mol. The summed E-state index contributed by atoms with van der Waals surface area (Å²) in [5, 5.41) is 2.57. The van der Waals surface area contributed by atoms with Gasteiger partial charge >= 0.3 is 6.03 Å². The lowest BCUT2D eigenvalue weighted by molar-refractivity contribution is -0.116. The molecule has 3 amide bonds. The standard InChI is InChI=1S/C17H19N5O4/c1-25-13-5-4-12(10-14(13)26-2)22-9-8-21(17(22)24)11-15(23)20-16-18-6-3-7-19-16/h3-7,10H,8-9,11H2,1-2H3,(H,18,19,20,23). The fourth-order valence-electron chi connectivity index (χ4n) is 2.66. The highest BCUT2D eigenvalue weighted by atomic mass is 16.5. The van der Waals surface area contributed by atoms with Crippen LogP contribution in [-0.4, -0.2) is 60.7 Å². The van der Waals surface area contributed by atoms with Crippen LogP contribution in [0, 0.1) is 0 Å². The molecule has 0 atom stereocenters. The van der Waals surface area contributed by atoms with Gasteiger partial charge in [-0.1, -0.05) is 0 Å². The van der Waals surface area contributed by atoms with Crippen LogP contribution in [0.1, 0.15) is 0 Å². The zero-order chi connectivity index (χ0) is 18.5. The summed E-state index contributed by atoms with van der Waals surface area (Å²) in [5.41, 5.74) is 0.682. The van der Waals surface area contributed by atoms with E-state index in [2.05, 4.69) is 15.3 Å². The largest absolute Gasteiger partial charge is 0.493 e. The van der Waals surface area contributed by atoms with Gasteiger partial charge in [0.15, 0.2) is 11.5 Å². The third-order valence-corrected chi connectivity index (χ3v) is 3.93. The van der Waals surface area contributed by atoms with Gasteiger partial charge in [-0.15, -0.1) is 0 Å². The first-order valence-corrected chi connectivity index (χ1v) is 7.97. The molecule has 0 aliphatic carbocycles. The van der Waals surface area contributed by atoms with E-state index in [1.165, 1.54) is 24.4 Å². The lowest BCUT2D eigenvalue weighted by Crippen LogP contribution is -2.37. The van der Waals surface area contributed by atoms with Crippen LogP contribution in [-0.2, 0) is 4.79 Å². The van der Waals surface area contributed by atoms with E-state index in [4.69, 9.17) is 9.47 Å². The number of rotatable bonds is 6. The highest BCUT2D eigenvalue weighted by molar-refractivity contribution is 5.99. The summed E-state index contributed by atoms with van der Waals surface area (Å²) < 4.78 is 10.5. The van der Waals surface area contributed by atoms with E-state index in [-0.39, 0.29) is 24.4 Å². The van der Waals surface area contributed by atoms with Crippen molar-refractivity contribution in [3.63, 3.8) is 0 Å². The molecule has 0 radical (unpaired) electrons. The number of hydrogen-bond donors (Lipinski definition) is 1. The Morgan fingerprint density at radius 1 is 1.15 bits per heavy atom. The lowest BCUT2D eigenvalue weighted by atomic mass is 10.2. The molecule has 0 spiro atoms. The second-order valence-corrected chi connectivity index (χ2v) is 5.52. The van der Waals surface area contributed by atoms with Crippen molar-refractivity contribution < 1.29 is 19.1 Å². The number of nitrogens with zero attached hydrogens (tertiary/aromatic N) is 4. The van der Waals surface area contributed by atoms with Crippen molar-refractivity contribution >= 4 is 23.6 Å². The second-order valence-electron chi connectivity index (χ2n) is 5.52. The van der Waals surface area contributed by atoms with Crippen LogP contribution in [0.2, 0.25) is 0 Å². The summed E-state index contributed by atoms with van der Waals surface area (Å²) in [7, 11) is 3.09. The molecule has 3 rings (SSSR count). The van der Waals surface area contributed by atoms with Crippen LogP contribution in [0.5, 0.6) is 11.5 Å². The Balaban J connectivity index is 1.65. The molecule has 26 heavy (non-hydrogen) atoms. The van der Waals surface area contributed by atoms with Crippen molar-refractivity contribution in [2.75, 3.05) is 44.1 Å². The zero-order valence-electron chi connectivity index (χ0n) is 14.5. The van der Waals surface area contributed by atoms with Crippen molar-refractivity contribution in [2.45, 2.75) is 0 Å². The SMILES string of the molecule is COc1ccc(N2CCN(CC(=O)Nc3ncccn3)C2=O)cc1OC. The quantitative estimate of drug-likeness (QED) is 0.839. The average Bonchev–Trinajstić information content (AvgIpc) is 3.02. The van der Waals surface area contributed by atoms with E-state index in [9.17, 15) is 9.59 Å². The Morgan fingerprint density at radius 2 is 1.88 bits per heavy atom. The number of aromatic nitrogens is 2. The number of methoxy groups -OCH3 is 2. The van der Waals surface area contributed by atoms with Crippen molar-refractivity contribution in [2.24, 2.45) is 0 Å². The predicted molar refractivity (Wildman–Crippen MR) is 94.5 cm³/mol. The number of carbonyl (C=O) groups excluding carboxylic acids is 2. The van der Waals surface area contributed by atoms with Gasteiger partial charge in [0.05, 0.1) is 14.2 Å². The van der Waals surface area contributed by atoms with Crippen molar-refractivity contribution in [3.05, 3.63) is 36.7 Å². The van der Waals surface area contributed by atoms with E-state index >= 15 is 0 Å².